The molecular formula is C11H5BrF3NO3. The number of hydrogen-bond donors (Lipinski definition) is 0. The van der Waals surface area contributed by atoms with Gasteiger partial charge in [-0.05, 0) is 34.1 Å². The standard InChI is InChI=1S/C11H5BrF3NO3/c12-7-4-6(11(13,14)15)5-8(16(17)18)10(7)9-2-1-3-19-9/h1-5H. The van der Waals surface area contributed by atoms with Crippen molar-refractivity contribution in [3.63, 3.8) is 0 Å². The summed E-state index contributed by atoms with van der Waals surface area (Å²) >= 11 is 2.92. The first-order valence-corrected chi connectivity index (χ1v) is 5.69. The number of alkyl halides is 3. The van der Waals surface area contributed by atoms with Crippen molar-refractivity contribution in [1.82, 2.24) is 0 Å². The maximum Gasteiger partial charge on any atom is 0.416 e. The van der Waals surface area contributed by atoms with Crippen LogP contribution in [0.1, 0.15) is 5.56 Å². The largest absolute Gasteiger partial charge is 0.464 e. The van der Waals surface area contributed by atoms with Crippen LogP contribution in [0.5, 0.6) is 0 Å². The quantitative estimate of drug-likeness (QED) is 0.593. The highest BCUT2D eigenvalue weighted by Gasteiger charge is 2.35. The van der Waals surface area contributed by atoms with E-state index in [1.165, 1.54) is 18.4 Å². The van der Waals surface area contributed by atoms with Crippen LogP contribution in [0.25, 0.3) is 11.3 Å². The molecule has 0 atom stereocenters. The van der Waals surface area contributed by atoms with Crippen LogP contribution in [-0.4, -0.2) is 4.92 Å². The molecule has 0 unspecified atom stereocenters. The van der Waals surface area contributed by atoms with E-state index >= 15 is 0 Å². The molecule has 2 aromatic rings. The molecule has 1 aromatic heterocycles. The van der Waals surface area contributed by atoms with E-state index in [0.717, 1.165) is 6.07 Å². The summed E-state index contributed by atoms with van der Waals surface area (Å²) in [6, 6.07) is 4.19. The molecule has 0 spiro atoms. The van der Waals surface area contributed by atoms with E-state index in [9.17, 15) is 23.3 Å². The van der Waals surface area contributed by atoms with E-state index in [1.807, 2.05) is 0 Å². The molecular weight excluding hydrogens is 331 g/mol. The Morgan fingerprint density at radius 1 is 1.32 bits per heavy atom. The van der Waals surface area contributed by atoms with Gasteiger partial charge in [0.1, 0.15) is 11.3 Å². The first kappa shape index (κ1) is 13.6. The lowest BCUT2D eigenvalue weighted by Crippen LogP contribution is -2.06. The molecule has 4 nitrogen and oxygen atoms in total. The Hall–Kier alpha value is -1.83. The van der Waals surface area contributed by atoms with Gasteiger partial charge in [-0.3, -0.25) is 10.1 Å². The Morgan fingerprint density at radius 2 is 2.00 bits per heavy atom. The van der Waals surface area contributed by atoms with Crippen molar-refractivity contribution in [3.8, 4) is 11.3 Å². The fourth-order valence-electron chi connectivity index (χ4n) is 1.56. The van der Waals surface area contributed by atoms with Gasteiger partial charge in [-0.15, -0.1) is 0 Å². The van der Waals surface area contributed by atoms with Gasteiger partial charge in [-0.2, -0.15) is 13.2 Å². The second-order valence-electron chi connectivity index (χ2n) is 3.58. The van der Waals surface area contributed by atoms with E-state index < -0.39 is 22.4 Å². The third kappa shape index (κ3) is 2.62. The molecule has 0 N–H and O–H groups in total. The number of benzene rings is 1. The zero-order valence-corrected chi connectivity index (χ0v) is 10.7. The average Bonchev–Trinajstić information content (AvgIpc) is 2.79. The van der Waals surface area contributed by atoms with Crippen LogP contribution in [0, 0.1) is 10.1 Å². The normalized spacial score (nSPS) is 11.6. The van der Waals surface area contributed by atoms with Crippen LogP contribution in [0.3, 0.4) is 0 Å². The minimum atomic E-state index is -4.66. The summed E-state index contributed by atoms with van der Waals surface area (Å²) in [6.45, 7) is 0. The Bertz CT molecular complexity index is 623. The van der Waals surface area contributed by atoms with Crippen molar-refractivity contribution >= 4 is 21.6 Å². The Kier molecular flexibility index (Phi) is 3.36. The molecule has 0 radical (unpaired) electrons. The summed E-state index contributed by atoms with van der Waals surface area (Å²) in [6.07, 6.45) is -3.38. The Labute approximate surface area is 113 Å². The molecule has 1 aromatic carbocycles. The molecule has 0 saturated carbocycles. The van der Waals surface area contributed by atoms with Gasteiger partial charge in [0.25, 0.3) is 5.69 Å². The molecule has 0 amide bonds. The predicted molar refractivity (Wildman–Crippen MR) is 63.5 cm³/mol. The highest BCUT2D eigenvalue weighted by atomic mass is 79.9. The van der Waals surface area contributed by atoms with Crippen molar-refractivity contribution in [2.24, 2.45) is 0 Å². The summed E-state index contributed by atoms with van der Waals surface area (Å²) in [5.74, 6) is 0.118. The van der Waals surface area contributed by atoms with Gasteiger partial charge in [-0.25, -0.2) is 0 Å². The minimum Gasteiger partial charge on any atom is -0.464 e. The summed E-state index contributed by atoms with van der Waals surface area (Å²) in [5, 5.41) is 10.9. The summed E-state index contributed by atoms with van der Waals surface area (Å²) in [7, 11) is 0. The second-order valence-corrected chi connectivity index (χ2v) is 4.44. The van der Waals surface area contributed by atoms with Crippen LogP contribution in [-0.2, 0) is 6.18 Å². The van der Waals surface area contributed by atoms with Crippen molar-refractivity contribution in [3.05, 3.63) is 50.7 Å². The number of nitro groups is 1. The molecule has 1 heterocycles. The summed E-state index contributed by atoms with van der Waals surface area (Å²) < 4.78 is 42.8. The number of halogens is 4. The van der Waals surface area contributed by atoms with Crippen LogP contribution in [0.4, 0.5) is 18.9 Å². The first-order chi connectivity index (χ1) is 8.80. The van der Waals surface area contributed by atoms with Crippen LogP contribution >= 0.6 is 15.9 Å². The van der Waals surface area contributed by atoms with E-state index in [1.54, 1.807) is 0 Å². The monoisotopic (exact) mass is 335 g/mol. The maximum atomic E-state index is 12.6. The zero-order valence-electron chi connectivity index (χ0n) is 9.07. The fourth-order valence-corrected chi connectivity index (χ4v) is 2.21. The molecule has 8 heteroatoms. The van der Waals surface area contributed by atoms with Gasteiger partial charge < -0.3 is 4.42 Å². The Balaban J connectivity index is 2.72. The lowest BCUT2D eigenvalue weighted by Gasteiger charge is -2.09. The maximum absolute atomic E-state index is 12.6. The smallest absolute Gasteiger partial charge is 0.416 e. The molecule has 0 fully saturated rings. The number of furan rings is 1. The average molecular weight is 336 g/mol. The van der Waals surface area contributed by atoms with Crippen LogP contribution < -0.4 is 0 Å². The molecule has 0 bridgehead atoms. The summed E-state index contributed by atoms with van der Waals surface area (Å²) in [4.78, 5) is 10.0. The third-order valence-electron chi connectivity index (χ3n) is 2.36. The van der Waals surface area contributed by atoms with Gasteiger partial charge in [-0.1, -0.05) is 0 Å². The number of rotatable bonds is 2. The molecule has 0 aliphatic carbocycles. The molecule has 19 heavy (non-hydrogen) atoms. The van der Waals surface area contributed by atoms with E-state index in [2.05, 4.69) is 15.9 Å². The van der Waals surface area contributed by atoms with Crippen molar-refractivity contribution in [2.75, 3.05) is 0 Å². The van der Waals surface area contributed by atoms with Crippen molar-refractivity contribution in [1.29, 1.82) is 0 Å². The zero-order chi connectivity index (χ0) is 14.2. The number of nitro benzene ring substituents is 1. The lowest BCUT2D eigenvalue weighted by atomic mass is 10.1. The van der Waals surface area contributed by atoms with Gasteiger partial charge in [0.15, 0.2) is 0 Å². The summed E-state index contributed by atoms with van der Waals surface area (Å²) in [5.41, 5.74) is -1.79. The van der Waals surface area contributed by atoms with Crippen molar-refractivity contribution < 1.29 is 22.5 Å². The molecule has 2 rings (SSSR count). The van der Waals surface area contributed by atoms with Gasteiger partial charge in [0.2, 0.25) is 0 Å². The predicted octanol–water partition coefficient (Wildman–Crippen LogP) is 4.64. The highest BCUT2D eigenvalue weighted by Crippen LogP contribution is 2.41. The van der Waals surface area contributed by atoms with Gasteiger partial charge in [0.05, 0.1) is 16.7 Å². The highest BCUT2D eigenvalue weighted by molar-refractivity contribution is 9.10. The van der Waals surface area contributed by atoms with Gasteiger partial charge >= 0.3 is 6.18 Å². The van der Waals surface area contributed by atoms with E-state index in [0.29, 0.717) is 6.07 Å². The van der Waals surface area contributed by atoms with Crippen LogP contribution in [0.15, 0.2) is 39.4 Å². The fraction of sp³-hybridized carbons (Fsp3) is 0.0909. The van der Waals surface area contributed by atoms with E-state index in [4.69, 9.17) is 4.42 Å². The second kappa shape index (κ2) is 4.69. The Morgan fingerprint density at radius 3 is 2.47 bits per heavy atom. The number of nitrogens with zero attached hydrogens (tertiary/aromatic N) is 1. The molecule has 100 valence electrons. The first-order valence-electron chi connectivity index (χ1n) is 4.89. The third-order valence-corrected chi connectivity index (χ3v) is 2.99. The van der Waals surface area contributed by atoms with Crippen LogP contribution in [0.2, 0.25) is 0 Å². The lowest BCUT2D eigenvalue weighted by molar-refractivity contribution is -0.384. The minimum absolute atomic E-state index is 0.0250. The van der Waals surface area contributed by atoms with E-state index in [-0.39, 0.29) is 15.8 Å². The topological polar surface area (TPSA) is 56.3 Å². The molecule has 0 aliphatic heterocycles. The SMILES string of the molecule is O=[N+]([O-])c1cc(C(F)(F)F)cc(Br)c1-c1ccco1. The van der Waals surface area contributed by atoms with Crippen molar-refractivity contribution in [2.45, 2.75) is 6.18 Å². The number of hydrogen-bond acceptors (Lipinski definition) is 3. The molecule has 0 aliphatic rings. The molecule has 0 saturated heterocycles. The van der Waals surface area contributed by atoms with Gasteiger partial charge in [0, 0.05) is 10.5 Å².